The first-order valence-corrected chi connectivity index (χ1v) is 7.82. The highest BCUT2D eigenvalue weighted by atomic mass is 16.4. The summed E-state index contributed by atoms with van der Waals surface area (Å²) < 4.78 is 0. The van der Waals surface area contributed by atoms with Gasteiger partial charge in [0.2, 0.25) is 0 Å². The Morgan fingerprint density at radius 2 is 1.65 bits per heavy atom. The summed E-state index contributed by atoms with van der Waals surface area (Å²) in [4.78, 5) is 22.8. The van der Waals surface area contributed by atoms with Gasteiger partial charge >= 0.3 is 12.0 Å². The highest BCUT2D eigenvalue weighted by Crippen LogP contribution is 2.07. The average Bonchev–Trinajstić information content (AvgIpc) is 2.40. The van der Waals surface area contributed by atoms with E-state index in [-0.39, 0.29) is 18.6 Å². The molecule has 3 N–H and O–H groups in total. The quantitative estimate of drug-likeness (QED) is 0.546. The van der Waals surface area contributed by atoms with Gasteiger partial charge in [0.05, 0.1) is 5.92 Å². The number of unbranched alkanes of at least 4 members (excludes halogenated alkanes) is 1. The van der Waals surface area contributed by atoms with Crippen molar-refractivity contribution < 1.29 is 14.7 Å². The van der Waals surface area contributed by atoms with Crippen molar-refractivity contribution in [3.05, 3.63) is 0 Å². The van der Waals surface area contributed by atoms with Gasteiger partial charge in [0, 0.05) is 12.6 Å². The topological polar surface area (TPSA) is 78.4 Å². The van der Waals surface area contributed by atoms with Crippen LogP contribution in [0.15, 0.2) is 0 Å². The maximum Gasteiger partial charge on any atom is 0.315 e. The van der Waals surface area contributed by atoms with Crippen molar-refractivity contribution in [1.29, 1.82) is 0 Å². The molecular formula is C15H30N2O3. The van der Waals surface area contributed by atoms with Crippen molar-refractivity contribution in [2.45, 2.75) is 71.8 Å². The number of carbonyl (C=O) groups is 2. The van der Waals surface area contributed by atoms with Crippen LogP contribution in [-0.2, 0) is 4.79 Å². The zero-order valence-corrected chi connectivity index (χ0v) is 13.1. The molecule has 0 aromatic rings. The van der Waals surface area contributed by atoms with Crippen molar-refractivity contribution in [3.8, 4) is 0 Å². The summed E-state index contributed by atoms with van der Waals surface area (Å²) in [6, 6.07) is -0.0590. The molecule has 0 fully saturated rings. The fourth-order valence-electron chi connectivity index (χ4n) is 2.20. The molecule has 2 atom stereocenters. The maximum absolute atomic E-state index is 11.8. The lowest BCUT2D eigenvalue weighted by molar-refractivity contribution is -0.141. The zero-order chi connectivity index (χ0) is 15.4. The highest BCUT2D eigenvalue weighted by molar-refractivity contribution is 5.76. The minimum absolute atomic E-state index is 0.189. The molecule has 0 saturated heterocycles. The van der Waals surface area contributed by atoms with Crippen LogP contribution in [0.25, 0.3) is 0 Å². The second kappa shape index (κ2) is 11.6. The van der Waals surface area contributed by atoms with Crippen LogP contribution in [0.3, 0.4) is 0 Å². The minimum Gasteiger partial charge on any atom is -0.481 e. The van der Waals surface area contributed by atoms with E-state index in [4.69, 9.17) is 5.11 Å². The number of amides is 2. The predicted octanol–water partition coefficient (Wildman–Crippen LogP) is 3.15. The molecule has 0 aliphatic rings. The lowest BCUT2D eigenvalue weighted by atomic mass is 10.0. The summed E-state index contributed by atoms with van der Waals surface area (Å²) in [5.74, 6) is -1.34. The van der Waals surface area contributed by atoms with Gasteiger partial charge in [-0.25, -0.2) is 4.79 Å². The van der Waals surface area contributed by atoms with Crippen molar-refractivity contribution in [2.24, 2.45) is 5.92 Å². The fourth-order valence-corrected chi connectivity index (χ4v) is 2.20. The lowest BCUT2D eigenvalue weighted by Gasteiger charge is -2.19. The second-order valence-electron chi connectivity index (χ2n) is 5.31. The number of hydrogen-bond donors (Lipinski definition) is 3. The second-order valence-corrected chi connectivity index (χ2v) is 5.31. The molecule has 5 nitrogen and oxygen atoms in total. The smallest absolute Gasteiger partial charge is 0.315 e. The van der Waals surface area contributed by atoms with E-state index < -0.39 is 11.9 Å². The number of aliphatic carboxylic acids is 1. The molecule has 0 aliphatic carbocycles. The van der Waals surface area contributed by atoms with Gasteiger partial charge in [0.1, 0.15) is 0 Å². The molecule has 0 saturated carbocycles. The molecular weight excluding hydrogens is 256 g/mol. The Hall–Kier alpha value is -1.26. The van der Waals surface area contributed by atoms with Gasteiger partial charge < -0.3 is 15.7 Å². The van der Waals surface area contributed by atoms with Crippen LogP contribution >= 0.6 is 0 Å². The third-order valence-electron chi connectivity index (χ3n) is 3.37. The summed E-state index contributed by atoms with van der Waals surface area (Å²) in [5.41, 5.74) is 0. The standard InChI is InChI=1S/C15H30N2O3/c1-4-7-10-13(9-6-3)17-15(20)16-11-12(8-5-2)14(18)19/h12-13H,4-11H2,1-3H3,(H,18,19)(H2,16,17,20). The number of nitrogens with one attached hydrogen (secondary N) is 2. The molecule has 5 heteroatoms. The highest BCUT2D eigenvalue weighted by Gasteiger charge is 2.18. The molecule has 0 rings (SSSR count). The van der Waals surface area contributed by atoms with Crippen LogP contribution in [0.5, 0.6) is 0 Å². The van der Waals surface area contributed by atoms with Gasteiger partial charge in [0.25, 0.3) is 0 Å². The normalized spacial score (nSPS) is 13.6. The number of hydrogen-bond acceptors (Lipinski definition) is 2. The Kier molecular flexibility index (Phi) is 10.8. The van der Waals surface area contributed by atoms with E-state index in [1.54, 1.807) is 0 Å². The first-order chi connectivity index (χ1) is 9.54. The third-order valence-corrected chi connectivity index (χ3v) is 3.37. The summed E-state index contributed by atoms with van der Waals surface area (Å²) in [6.07, 6.45) is 6.57. The molecule has 0 aromatic heterocycles. The van der Waals surface area contributed by atoms with Crippen molar-refractivity contribution in [2.75, 3.05) is 6.54 Å². The molecule has 0 aliphatic heterocycles. The molecule has 0 aromatic carbocycles. The molecule has 2 unspecified atom stereocenters. The molecule has 0 heterocycles. The van der Waals surface area contributed by atoms with Gasteiger partial charge in [-0.05, 0) is 19.3 Å². The molecule has 0 spiro atoms. The zero-order valence-electron chi connectivity index (χ0n) is 13.1. The van der Waals surface area contributed by atoms with Crippen molar-refractivity contribution >= 4 is 12.0 Å². The van der Waals surface area contributed by atoms with Crippen molar-refractivity contribution in [1.82, 2.24) is 10.6 Å². The summed E-state index contributed by atoms with van der Waals surface area (Å²) >= 11 is 0. The van der Waals surface area contributed by atoms with E-state index in [2.05, 4.69) is 24.5 Å². The van der Waals surface area contributed by atoms with Gasteiger partial charge in [-0.3, -0.25) is 4.79 Å². The largest absolute Gasteiger partial charge is 0.481 e. The number of carboxylic acid groups (broad SMARTS) is 1. The maximum atomic E-state index is 11.8. The van der Waals surface area contributed by atoms with E-state index in [9.17, 15) is 9.59 Å². The summed E-state index contributed by atoms with van der Waals surface area (Å²) in [7, 11) is 0. The molecule has 2 amide bonds. The van der Waals surface area contributed by atoms with Crippen LogP contribution in [-0.4, -0.2) is 29.7 Å². The minimum atomic E-state index is -0.844. The lowest BCUT2D eigenvalue weighted by Crippen LogP contribution is -2.44. The van der Waals surface area contributed by atoms with Gasteiger partial charge in [0.15, 0.2) is 0 Å². The number of urea groups is 1. The summed E-state index contributed by atoms with van der Waals surface area (Å²) in [6.45, 7) is 6.37. The third kappa shape index (κ3) is 8.77. The number of carboxylic acids is 1. The Morgan fingerprint density at radius 3 is 2.15 bits per heavy atom. The first kappa shape index (κ1) is 18.7. The molecule has 0 bridgehead atoms. The molecule has 0 radical (unpaired) electrons. The van der Waals surface area contributed by atoms with Gasteiger partial charge in [-0.15, -0.1) is 0 Å². The molecule has 118 valence electrons. The van der Waals surface area contributed by atoms with Gasteiger partial charge in [-0.1, -0.05) is 46.5 Å². The fraction of sp³-hybridized carbons (Fsp3) is 0.867. The SMILES string of the molecule is CCCCC(CCC)NC(=O)NCC(CCC)C(=O)O. The van der Waals surface area contributed by atoms with Crippen LogP contribution in [0.1, 0.15) is 65.7 Å². The predicted molar refractivity (Wildman–Crippen MR) is 80.8 cm³/mol. The Bertz CT molecular complexity index is 282. The number of rotatable bonds is 11. The van der Waals surface area contributed by atoms with E-state index >= 15 is 0 Å². The van der Waals surface area contributed by atoms with Crippen molar-refractivity contribution in [3.63, 3.8) is 0 Å². The number of carbonyl (C=O) groups excluding carboxylic acids is 1. The van der Waals surface area contributed by atoms with Crippen LogP contribution in [0.2, 0.25) is 0 Å². The first-order valence-electron chi connectivity index (χ1n) is 7.82. The Balaban J connectivity index is 4.13. The van der Waals surface area contributed by atoms with Crippen LogP contribution in [0.4, 0.5) is 4.79 Å². The molecule has 20 heavy (non-hydrogen) atoms. The Morgan fingerprint density at radius 1 is 1.00 bits per heavy atom. The average molecular weight is 286 g/mol. The summed E-state index contributed by atoms with van der Waals surface area (Å²) in [5, 5.41) is 14.7. The van der Waals surface area contributed by atoms with Gasteiger partial charge in [-0.2, -0.15) is 0 Å². The van der Waals surface area contributed by atoms with E-state index in [0.717, 1.165) is 38.5 Å². The van der Waals surface area contributed by atoms with E-state index in [0.29, 0.717) is 6.42 Å². The van der Waals surface area contributed by atoms with Crippen LogP contribution in [0, 0.1) is 5.92 Å². The van der Waals surface area contributed by atoms with E-state index in [1.165, 1.54) is 0 Å². The Labute approximate surface area is 122 Å². The van der Waals surface area contributed by atoms with Crippen LogP contribution < -0.4 is 10.6 Å². The monoisotopic (exact) mass is 286 g/mol. The van der Waals surface area contributed by atoms with E-state index in [1.807, 2.05) is 6.92 Å².